The molecule has 0 unspecified atom stereocenters. The van der Waals surface area contributed by atoms with Gasteiger partial charge in [0.25, 0.3) is 0 Å². The van der Waals surface area contributed by atoms with E-state index in [0.717, 1.165) is 12.1 Å². The van der Waals surface area contributed by atoms with Crippen LogP contribution in [-0.2, 0) is 15.5 Å². The molecule has 2 rings (SSSR count). The molecular weight excluding hydrogens is 394 g/mol. The molecule has 0 atom stereocenters. The second kappa shape index (κ2) is 8.08. The lowest BCUT2D eigenvalue weighted by Gasteiger charge is -2.26. The number of para-hydroxylation sites is 1. The Morgan fingerprint density at radius 2 is 1.50 bits per heavy atom. The largest absolute Gasteiger partial charge is 0.455 e. The van der Waals surface area contributed by atoms with Crippen LogP contribution in [0, 0.1) is 0 Å². The maximum Gasteiger partial charge on any atom is 0.373 e. The highest BCUT2D eigenvalue weighted by molar-refractivity contribution is 5.74. The maximum atomic E-state index is 13.7. The van der Waals surface area contributed by atoms with Crippen LogP contribution < -0.4 is 4.74 Å². The van der Waals surface area contributed by atoms with Crippen LogP contribution in [0.2, 0.25) is 0 Å². The molecule has 0 aromatic heterocycles. The predicted molar refractivity (Wildman–Crippen MR) is 83.4 cm³/mol. The molecule has 28 heavy (non-hydrogen) atoms. The minimum atomic E-state index is -5.57. The van der Waals surface area contributed by atoms with Crippen LogP contribution in [0.5, 0.6) is 11.5 Å². The van der Waals surface area contributed by atoms with E-state index in [4.69, 9.17) is 4.74 Å². The Balaban J connectivity index is 2.37. The Hall–Kier alpha value is -3.42. The third-order valence-electron chi connectivity index (χ3n) is 3.44. The molecule has 0 spiro atoms. The van der Waals surface area contributed by atoms with E-state index >= 15 is 0 Å². The first-order chi connectivity index (χ1) is 13.1. The normalized spacial score (nSPS) is 11.5. The first kappa shape index (κ1) is 20.9. The van der Waals surface area contributed by atoms with Crippen LogP contribution in [-0.4, -0.2) is 24.5 Å². The minimum Gasteiger partial charge on any atom is -0.455 e. The van der Waals surface area contributed by atoms with Crippen molar-refractivity contribution in [2.45, 2.75) is 18.3 Å². The Morgan fingerprint density at radius 1 is 0.893 bits per heavy atom. The molecule has 0 radical (unpaired) electrons. The summed E-state index contributed by atoms with van der Waals surface area (Å²) < 4.78 is 83.3. The molecule has 0 saturated carbocycles. The van der Waals surface area contributed by atoms with Crippen molar-refractivity contribution in [3.63, 3.8) is 0 Å². The summed E-state index contributed by atoms with van der Waals surface area (Å²) >= 11 is 0. The summed E-state index contributed by atoms with van der Waals surface area (Å²) in [6, 6.07) is 6.58. The number of hydrogen-bond donors (Lipinski definition) is 0. The van der Waals surface area contributed by atoms with Gasteiger partial charge in [-0.1, -0.05) is 6.07 Å². The van der Waals surface area contributed by atoms with E-state index in [0.29, 0.717) is 12.1 Å². The van der Waals surface area contributed by atoms with Crippen molar-refractivity contribution in [1.82, 2.24) is 0 Å². The summed E-state index contributed by atoms with van der Waals surface area (Å²) in [7, 11) is 0. The van der Waals surface area contributed by atoms with E-state index in [2.05, 4.69) is 9.98 Å². The van der Waals surface area contributed by atoms with Gasteiger partial charge in [-0.15, -0.1) is 0 Å². The van der Waals surface area contributed by atoms with Crippen molar-refractivity contribution in [2.24, 2.45) is 9.98 Å². The number of isocyanates is 2. The molecule has 0 aliphatic rings. The van der Waals surface area contributed by atoms with Crippen molar-refractivity contribution >= 4 is 23.5 Å². The van der Waals surface area contributed by atoms with E-state index < -0.39 is 23.8 Å². The highest BCUT2D eigenvalue weighted by atomic mass is 19.3. The van der Waals surface area contributed by atoms with Gasteiger partial charge in [0.2, 0.25) is 12.2 Å². The van der Waals surface area contributed by atoms with E-state index in [1.807, 2.05) is 0 Å². The summed E-state index contributed by atoms with van der Waals surface area (Å²) in [5.74, 6) is -11.0. The molecule has 0 amide bonds. The zero-order valence-electron chi connectivity index (χ0n) is 13.5. The minimum absolute atomic E-state index is 0.101. The molecule has 2 aromatic carbocycles. The number of alkyl halides is 6. The zero-order chi connectivity index (χ0) is 20.9. The lowest BCUT2D eigenvalue weighted by molar-refractivity contribution is -0.270. The molecular formula is C17H8F6N2O3. The van der Waals surface area contributed by atoms with Crippen molar-refractivity contribution in [2.75, 3.05) is 0 Å². The van der Waals surface area contributed by atoms with E-state index in [9.17, 15) is 35.9 Å². The van der Waals surface area contributed by atoms with Gasteiger partial charge < -0.3 is 4.74 Å². The number of rotatable bonds is 7. The molecule has 0 N–H and O–H groups in total. The topological polar surface area (TPSA) is 68.1 Å². The Kier molecular flexibility index (Phi) is 6.03. The first-order valence-electron chi connectivity index (χ1n) is 7.26. The average Bonchev–Trinajstić information content (AvgIpc) is 2.64. The van der Waals surface area contributed by atoms with E-state index in [-0.39, 0.29) is 22.9 Å². The van der Waals surface area contributed by atoms with Gasteiger partial charge in [-0.3, -0.25) is 0 Å². The van der Waals surface area contributed by atoms with Crippen LogP contribution in [0.25, 0.3) is 0 Å². The Labute approximate surface area is 153 Å². The van der Waals surface area contributed by atoms with Crippen LogP contribution in [0.3, 0.4) is 0 Å². The monoisotopic (exact) mass is 402 g/mol. The molecule has 0 bridgehead atoms. The quantitative estimate of drug-likeness (QED) is 0.354. The third kappa shape index (κ3) is 3.95. The van der Waals surface area contributed by atoms with Gasteiger partial charge >= 0.3 is 18.3 Å². The number of aliphatic imine (C=N–C) groups is 2. The molecule has 0 saturated heterocycles. The zero-order valence-corrected chi connectivity index (χ0v) is 13.5. The molecule has 2 aromatic rings. The summed E-state index contributed by atoms with van der Waals surface area (Å²) in [5.41, 5.74) is -1.68. The van der Waals surface area contributed by atoms with Crippen LogP contribution in [0.1, 0.15) is 5.56 Å². The predicted octanol–water partition coefficient (Wildman–Crippen LogP) is 5.41. The standard InChI is InChI=1S/C17H8F6N2O3/c18-15(19)17(22,23)16(20,21)10-4-6-11(7-5-10)28-13-3-1-2-12(24-8-26)14(13)25-9-27/h1-7,15H. The van der Waals surface area contributed by atoms with Gasteiger partial charge in [0.05, 0.1) is 0 Å². The molecule has 146 valence electrons. The maximum absolute atomic E-state index is 13.7. The summed E-state index contributed by atoms with van der Waals surface area (Å²) in [6.07, 6.45) is -2.11. The number of nitrogens with zero attached hydrogens (tertiary/aromatic N) is 2. The smallest absolute Gasteiger partial charge is 0.373 e. The second-order valence-electron chi connectivity index (χ2n) is 5.15. The van der Waals surface area contributed by atoms with Gasteiger partial charge in [-0.25, -0.2) is 18.4 Å². The molecule has 0 aliphatic carbocycles. The lowest BCUT2D eigenvalue weighted by Crippen LogP contribution is -2.44. The first-order valence-corrected chi connectivity index (χ1v) is 7.26. The van der Waals surface area contributed by atoms with Crippen molar-refractivity contribution < 1.29 is 40.7 Å². The SMILES string of the molecule is O=C=Nc1cccc(Oc2ccc(C(F)(F)C(F)(F)C(F)F)cc2)c1N=C=O. The number of carbonyl (C=O) groups excluding carboxylic acids is 2. The van der Waals surface area contributed by atoms with Gasteiger partial charge in [-0.05, 0) is 36.4 Å². The summed E-state index contributed by atoms with van der Waals surface area (Å²) in [6.45, 7) is 0. The fraction of sp³-hybridized carbons (Fsp3) is 0.176. The number of ether oxygens (including phenoxy) is 1. The third-order valence-corrected chi connectivity index (χ3v) is 3.44. The molecule has 0 heterocycles. The Bertz CT molecular complexity index is 950. The molecule has 11 heteroatoms. The molecule has 5 nitrogen and oxygen atoms in total. The number of benzene rings is 2. The van der Waals surface area contributed by atoms with E-state index in [1.165, 1.54) is 30.4 Å². The molecule has 0 aliphatic heterocycles. The van der Waals surface area contributed by atoms with Gasteiger partial charge in [0.1, 0.15) is 17.1 Å². The fourth-order valence-electron chi connectivity index (χ4n) is 2.08. The Morgan fingerprint density at radius 3 is 2.04 bits per heavy atom. The van der Waals surface area contributed by atoms with Gasteiger partial charge in [0.15, 0.2) is 5.75 Å². The highest BCUT2D eigenvalue weighted by Crippen LogP contribution is 2.47. The fourth-order valence-corrected chi connectivity index (χ4v) is 2.08. The average molecular weight is 402 g/mol. The van der Waals surface area contributed by atoms with Crippen LogP contribution in [0.4, 0.5) is 37.7 Å². The van der Waals surface area contributed by atoms with Gasteiger partial charge in [-0.2, -0.15) is 27.5 Å². The second-order valence-corrected chi connectivity index (χ2v) is 5.15. The highest BCUT2D eigenvalue weighted by Gasteiger charge is 2.63. The van der Waals surface area contributed by atoms with Crippen LogP contribution >= 0.6 is 0 Å². The van der Waals surface area contributed by atoms with Crippen molar-refractivity contribution in [1.29, 1.82) is 0 Å². The lowest BCUT2D eigenvalue weighted by atomic mass is 10.0. The number of halogens is 6. The van der Waals surface area contributed by atoms with Crippen molar-refractivity contribution in [3.8, 4) is 11.5 Å². The van der Waals surface area contributed by atoms with E-state index in [1.54, 1.807) is 0 Å². The molecule has 0 fully saturated rings. The number of hydrogen-bond acceptors (Lipinski definition) is 5. The summed E-state index contributed by atoms with van der Waals surface area (Å²) in [4.78, 5) is 27.6. The van der Waals surface area contributed by atoms with Crippen LogP contribution in [0.15, 0.2) is 52.4 Å². The van der Waals surface area contributed by atoms with Crippen molar-refractivity contribution in [3.05, 3.63) is 48.0 Å². The van der Waals surface area contributed by atoms with Gasteiger partial charge in [0, 0.05) is 5.56 Å². The summed E-state index contributed by atoms with van der Waals surface area (Å²) in [5, 5.41) is 0.